The van der Waals surface area contributed by atoms with Gasteiger partial charge in [0.2, 0.25) is 5.91 Å². The van der Waals surface area contributed by atoms with Gasteiger partial charge < -0.3 is 42.7 Å². The number of halogens is 2. The lowest BCUT2D eigenvalue weighted by molar-refractivity contribution is -0.137. The highest BCUT2D eigenvalue weighted by molar-refractivity contribution is 6.30. The number of amides is 2. The van der Waals surface area contributed by atoms with Crippen molar-refractivity contribution < 1.29 is 57.1 Å². The molecule has 1 aliphatic heterocycles. The standard InChI is InChI=1S/C24H20ClNO5.C22H20N2O5.C12H11ClO2.4CH4/c1-15-18(12-23(31-15)17-2-6-19(25)7-3-17)14-29-20-8-4-16(5-9-20)21(13-24(27)28)22-10-11-30-26-22;25-18-8-6-16(7-9-18)19(20-10-11-29-23-20)13-21(26)24-17(14-28-22(24)27)12-15-4-2-1-3-5-15;1-8-10(7-14)6-12(15-8)9-2-4-11(13)5-3-9;;;;/h2-12,21H,13-14H2,1H3,(H,27,28);1-11,17,19,25H,12-14H2;2-6,14H,7H2,1H3;4*1H4/t21-;17-,19-;;;;;/m00...../s1. The van der Waals surface area contributed by atoms with Crippen LogP contribution < -0.4 is 4.74 Å². The van der Waals surface area contributed by atoms with Crippen LogP contribution in [0.1, 0.15) is 105 Å². The molecule has 1 aliphatic rings. The Morgan fingerprint density at radius 3 is 1.65 bits per heavy atom. The number of carboxylic acids is 1. The monoisotopic (exact) mass is 1120 g/mol. The Bertz CT molecular complexity index is 3250. The SMILES string of the molecule is C.C.C.C.Cc1oc(-c2ccc(Cl)cc2)cc1CO.Cc1oc(-c2ccc(Cl)cc2)cc1COc1ccc([C@H](CC(=O)O)c2ccon2)cc1.O=C(C[C@@H](c1ccc(O)cc1)c1ccon1)N1C(=O)OC[C@@H]1Cc1ccccc1. The topological polar surface area (TPSA) is 212 Å². The molecule has 2 amide bonds. The van der Waals surface area contributed by atoms with E-state index in [1.807, 2.05) is 129 Å². The number of aryl methyl sites for hydroxylation is 2. The number of hydrogen-bond acceptors (Lipinski definition) is 13. The third kappa shape index (κ3) is 16.8. The van der Waals surface area contributed by atoms with E-state index in [9.17, 15) is 24.6 Å². The number of nitrogens with zero attached hydrogens (tertiary/aromatic N) is 3. The van der Waals surface area contributed by atoms with Gasteiger partial charge >= 0.3 is 12.1 Å². The summed E-state index contributed by atoms with van der Waals surface area (Å²) in [5.41, 5.74) is 7.48. The van der Waals surface area contributed by atoms with E-state index in [-0.39, 0.29) is 79.4 Å². The van der Waals surface area contributed by atoms with Crippen molar-refractivity contribution in [2.75, 3.05) is 6.61 Å². The largest absolute Gasteiger partial charge is 0.508 e. The van der Waals surface area contributed by atoms with E-state index in [0.29, 0.717) is 40.2 Å². The molecule has 0 unspecified atom stereocenters. The van der Waals surface area contributed by atoms with Gasteiger partial charge in [0.15, 0.2) is 0 Å². The smallest absolute Gasteiger partial charge is 0.416 e. The van der Waals surface area contributed by atoms with E-state index in [0.717, 1.165) is 62.0 Å². The van der Waals surface area contributed by atoms with Crippen LogP contribution in [0.15, 0.2) is 182 Å². The second-order valence-corrected chi connectivity index (χ2v) is 18.3. The minimum atomic E-state index is -0.903. The van der Waals surface area contributed by atoms with Gasteiger partial charge in [0.1, 0.15) is 60.3 Å². The molecule has 4 aromatic heterocycles. The van der Waals surface area contributed by atoms with Gasteiger partial charge in [0.25, 0.3) is 0 Å². The molecule has 15 nitrogen and oxygen atoms in total. The number of ether oxygens (including phenoxy) is 2. The number of rotatable bonds is 16. The second-order valence-electron chi connectivity index (χ2n) is 17.4. The molecule has 5 heterocycles. The Morgan fingerprint density at radius 1 is 0.671 bits per heavy atom. The maximum Gasteiger partial charge on any atom is 0.416 e. The number of hydrogen-bond donors (Lipinski definition) is 3. The lowest BCUT2D eigenvalue weighted by Gasteiger charge is -2.22. The maximum absolute atomic E-state index is 13.1. The zero-order valence-corrected chi connectivity index (χ0v) is 42.2. The molecule has 0 spiro atoms. The molecule has 0 radical (unpaired) electrons. The molecule has 1 fully saturated rings. The normalized spacial score (nSPS) is 13.0. The molecule has 3 N–H and O–H groups in total. The summed E-state index contributed by atoms with van der Waals surface area (Å²) >= 11 is 11.7. The van der Waals surface area contributed by atoms with E-state index in [1.54, 1.807) is 36.4 Å². The van der Waals surface area contributed by atoms with Crippen LogP contribution in [0.2, 0.25) is 10.0 Å². The first-order valence-corrected chi connectivity index (χ1v) is 24.5. The van der Waals surface area contributed by atoms with Crippen molar-refractivity contribution in [1.29, 1.82) is 0 Å². The lowest BCUT2D eigenvalue weighted by Crippen LogP contribution is -2.40. The fourth-order valence-electron chi connectivity index (χ4n) is 8.36. The zero-order chi connectivity index (χ0) is 52.8. The number of aromatic nitrogens is 2. The lowest BCUT2D eigenvalue weighted by atomic mass is 9.91. The molecule has 79 heavy (non-hydrogen) atoms. The van der Waals surface area contributed by atoms with Crippen molar-refractivity contribution in [2.24, 2.45) is 0 Å². The highest BCUT2D eigenvalue weighted by Crippen LogP contribution is 2.33. The summed E-state index contributed by atoms with van der Waals surface area (Å²) in [5, 5.41) is 37.1. The average Bonchev–Trinajstić information content (AvgIpc) is 4.30. The number of aliphatic carboxylic acids is 1. The molecular formula is C62H67Cl2N3O12. The van der Waals surface area contributed by atoms with Gasteiger partial charge in [-0.3, -0.25) is 9.59 Å². The summed E-state index contributed by atoms with van der Waals surface area (Å²) in [4.78, 5) is 37.9. The van der Waals surface area contributed by atoms with Gasteiger partial charge in [0, 0.05) is 62.7 Å². The Morgan fingerprint density at radius 2 is 1.16 bits per heavy atom. The maximum atomic E-state index is 13.1. The number of aliphatic hydroxyl groups excluding tert-OH is 1. The van der Waals surface area contributed by atoms with Gasteiger partial charge in [0.05, 0.1) is 30.5 Å². The number of aromatic hydroxyl groups is 1. The van der Waals surface area contributed by atoms with Crippen molar-refractivity contribution >= 4 is 41.2 Å². The van der Waals surface area contributed by atoms with E-state index >= 15 is 0 Å². The molecule has 0 saturated carbocycles. The number of cyclic esters (lactones) is 1. The Hall–Kier alpha value is -8.37. The number of phenolic OH excluding ortho intramolecular Hbond substituents is 1. The number of carbonyl (C=O) groups is 3. The first kappa shape index (κ1) is 63.2. The first-order valence-electron chi connectivity index (χ1n) is 23.7. The van der Waals surface area contributed by atoms with E-state index < -0.39 is 18.0 Å². The predicted octanol–water partition coefficient (Wildman–Crippen LogP) is 15.5. The summed E-state index contributed by atoms with van der Waals surface area (Å²) < 4.78 is 32.3. The van der Waals surface area contributed by atoms with Crippen LogP contribution in [0.4, 0.5) is 4.79 Å². The molecule has 1 saturated heterocycles. The molecule has 9 aromatic rings. The molecule has 416 valence electrons. The first-order chi connectivity index (χ1) is 36.3. The fourth-order valence-corrected chi connectivity index (χ4v) is 8.61. The van der Waals surface area contributed by atoms with Crippen LogP contribution in [0, 0.1) is 13.8 Å². The van der Waals surface area contributed by atoms with E-state index in [2.05, 4.69) is 10.3 Å². The minimum absolute atomic E-state index is 0. The Balaban J connectivity index is 0.000000262. The van der Waals surface area contributed by atoms with Crippen molar-refractivity contribution in [3.8, 4) is 34.1 Å². The second kappa shape index (κ2) is 30.0. The van der Waals surface area contributed by atoms with Gasteiger partial charge in [-0.2, -0.15) is 0 Å². The fraction of sp³-hybridized carbons (Fsp3) is 0.242. The van der Waals surface area contributed by atoms with Crippen LogP contribution >= 0.6 is 23.2 Å². The number of benzene rings is 5. The molecule has 17 heteroatoms. The molecule has 5 aromatic carbocycles. The van der Waals surface area contributed by atoms with Crippen molar-refractivity contribution in [1.82, 2.24) is 15.2 Å². The molecule has 3 atom stereocenters. The summed E-state index contributed by atoms with van der Waals surface area (Å²) in [6.07, 6.45) is 2.74. The van der Waals surface area contributed by atoms with Crippen molar-refractivity contribution in [2.45, 2.75) is 93.9 Å². The van der Waals surface area contributed by atoms with Crippen molar-refractivity contribution in [3.63, 3.8) is 0 Å². The van der Waals surface area contributed by atoms with Crippen LogP contribution in [-0.2, 0) is 34.0 Å². The van der Waals surface area contributed by atoms with Gasteiger partial charge in [-0.25, -0.2) is 9.69 Å². The molecular weight excluding hydrogens is 1050 g/mol. The number of furan rings is 2. The third-order valence-electron chi connectivity index (χ3n) is 12.4. The summed E-state index contributed by atoms with van der Waals surface area (Å²) in [7, 11) is 0. The number of carbonyl (C=O) groups excluding carboxylic acids is 2. The van der Waals surface area contributed by atoms with Gasteiger partial charge in [-0.05, 0) is 122 Å². The molecule has 0 aliphatic carbocycles. The van der Waals surface area contributed by atoms with E-state index in [1.165, 1.54) is 17.4 Å². The number of aliphatic hydroxyl groups is 1. The summed E-state index contributed by atoms with van der Waals surface area (Å²) in [5.74, 6) is 1.82. The minimum Gasteiger partial charge on any atom is -0.508 e. The number of imide groups is 1. The molecule has 0 bridgehead atoms. The van der Waals surface area contributed by atoms with Gasteiger partial charge in [-0.1, -0.05) is 118 Å². The highest BCUT2D eigenvalue weighted by atomic mass is 35.5. The number of carboxylic acid groups (broad SMARTS) is 1. The predicted molar refractivity (Wildman–Crippen MR) is 305 cm³/mol. The summed E-state index contributed by atoms with van der Waals surface area (Å²) in [6.45, 7) is 4.26. The quantitative estimate of drug-likeness (QED) is 0.0822. The van der Waals surface area contributed by atoms with Crippen LogP contribution in [-0.4, -0.2) is 61.2 Å². The highest BCUT2D eigenvalue weighted by Gasteiger charge is 2.39. The van der Waals surface area contributed by atoms with E-state index in [4.69, 9.17) is 55.7 Å². The molecule has 10 rings (SSSR count). The Labute approximate surface area is 470 Å². The van der Waals surface area contributed by atoms with Crippen LogP contribution in [0.3, 0.4) is 0 Å². The Kier molecular flexibility index (Phi) is 24.0. The number of phenols is 1. The summed E-state index contributed by atoms with van der Waals surface area (Å²) in [6, 6.07) is 45.3. The van der Waals surface area contributed by atoms with Gasteiger partial charge in [-0.15, -0.1) is 0 Å². The van der Waals surface area contributed by atoms with Crippen molar-refractivity contribution in [3.05, 3.63) is 225 Å². The third-order valence-corrected chi connectivity index (χ3v) is 12.9. The van der Waals surface area contributed by atoms with Crippen LogP contribution in [0.25, 0.3) is 22.6 Å². The average molecular weight is 1120 g/mol. The zero-order valence-electron chi connectivity index (χ0n) is 40.7. The van der Waals surface area contributed by atoms with Crippen LogP contribution in [0.5, 0.6) is 11.5 Å².